The third kappa shape index (κ3) is 5.89. The highest BCUT2D eigenvalue weighted by molar-refractivity contribution is 5.90. The van der Waals surface area contributed by atoms with Gasteiger partial charge in [-0.1, -0.05) is 36.4 Å². The minimum Gasteiger partial charge on any atom is -0.462 e. The summed E-state index contributed by atoms with van der Waals surface area (Å²) in [6.07, 6.45) is 3.81. The number of nitrogens with two attached hydrogens (primary N) is 1. The van der Waals surface area contributed by atoms with Crippen LogP contribution in [-0.2, 0) is 24.2 Å². The summed E-state index contributed by atoms with van der Waals surface area (Å²) in [6.45, 7) is -2.38. The number of H-pyrrole nitrogens is 1. The van der Waals surface area contributed by atoms with E-state index in [1.165, 1.54) is 24.4 Å². The number of carbonyl (C=O) groups is 1. The quantitative estimate of drug-likeness (QED) is 0.364. The third-order valence-electron chi connectivity index (χ3n) is 5.91. The monoisotopic (exact) mass is 509 g/mol. The molecule has 4 N–H and O–H groups in total. The summed E-state index contributed by atoms with van der Waals surface area (Å²) in [5.74, 6) is -0.455. The molecule has 1 amide bonds. The van der Waals surface area contributed by atoms with Crippen LogP contribution in [0.5, 0.6) is 11.5 Å². The molecule has 1 aromatic heterocycles. The van der Waals surface area contributed by atoms with E-state index < -0.39 is 25.3 Å². The van der Waals surface area contributed by atoms with Crippen molar-refractivity contribution in [2.45, 2.75) is 25.0 Å². The Kier molecular flexibility index (Phi) is 8.04. The molecule has 192 valence electrons. The molecule has 0 saturated carbocycles. The molecule has 4 rings (SSSR count). The first-order chi connectivity index (χ1) is 17.9. The second-order valence-corrected chi connectivity index (χ2v) is 8.25. The van der Waals surface area contributed by atoms with Crippen molar-refractivity contribution in [2.24, 2.45) is 16.0 Å². The van der Waals surface area contributed by atoms with Crippen molar-refractivity contribution in [2.75, 3.05) is 13.7 Å². The number of alkyl halides is 2. The van der Waals surface area contributed by atoms with Gasteiger partial charge in [-0.2, -0.15) is 10.2 Å². The van der Waals surface area contributed by atoms with Gasteiger partial charge in [0.25, 0.3) is 11.5 Å². The van der Waals surface area contributed by atoms with Crippen LogP contribution >= 0.6 is 0 Å². The fourth-order valence-corrected chi connectivity index (χ4v) is 3.95. The molecule has 0 bridgehead atoms. The van der Waals surface area contributed by atoms with Gasteiger partial charge in [0, 0.05) is 23.8 Å². The number of benzene rings is 2. The zero-order valence-electron chi connectivity index (χ0n) is 19.7. The summed E-state index contributed by atoms with van der Waals surface area (Å²) in [5.41, 5.74) is 7.64. The van der Waals surface area contributed by atoms with Gasteiger partial charge in [-0.25, -0.2) is 8.78 Å². The SMILES string of the molecule is NC1(C(=O)NCc2c(OCF)cccc2OCF)N=NC=C1Cc1ccc(Cc2ccc[nH]c2=O)cc1. The molecule has 11 heteroatoms. The zero-order chi connectivity index (χ0) is 26.3. The second kappa shape index (κ2) is 11.6. The molecule has 2 heterocycles. The van der Waals surface area contributed by atoms with E-state index in [2.05, 4.69) is 20.5 Å². The van der Waals surface area contributed by atoms with Gasteiger partial charge >= 0.3 is 0 Å². The van der Waals surface area contributed by atoms with Crippen LogP contribution in [0.3, 0.4) is 0 Å². The molecule has 0 saturated heterocycles. The number of azo groups is 1. The minimum atomic E-state index is -1.76. The van der Waals surface area contributed by atoms with Crippen LogP contribution in [-0.4, -0.2) is 30.3 Å². The van der Waals surface area contributed by atoms with E-state index in [1.54, 1.807) is 18.3 Å². The maximum absolute atomic E-state index is 13.1. The molecule has 1 atom stereocenters. The molecule has 0 fully saturated rings. The van der Waals surface area contributed by atoms with E-state index in [1.807, 2.05) is 24.3 Å². The number of pyridine rings is 1. The van der Waals surface area contributed by atoms with E-state index in [-0.39, 0.29) is 29.2 Å². The highest BCUT2D eigenvalue weighted by atomic mass is 19.1. The van der Waals surface area contributed by atoms with Crippen molar-refractivity contribution in [1.82, 2.24) is 10.3 Å². The molecule has 0 radical (unpaired) electrons. The van der Waals surface area contributed by atoms with E-state index >= 15 is 0 Å². The van der Waals surface area contributed by atoms with Gasteiger partial charge in [-0.3, -0.25) is 15.3 Å². The van der Waals surface area contributed by atoms with Crippen LogP contribution in [0.1, 0.15) is 22.3 Å². The van der Waals surface area contributed by atoms with Crippen molar-refractivity contribution >= 4 is 5.91 Å². The Hall–Kier alpha value is -4.38. The molecule has 3 aromatic rings. The number of carbonyl (C=O) groups excluding carboxylic acids is 1. The van der Waals surface area contributed by atoms with Crippen molar-refractivity contribution in [1.29, 1.82) is 0 Å². The first-order valence-electron chi connectivity index (χ1n) is 11.4. The number of amides is 1. The zero-order valence-corrected chi connectivity index (χ0v) is 19.7. The number of rotatable bonds is 11. The van der Waals surface area contributed by atoms with Crippen LogP contribution < -0.4 is 26.1 Å². The van der Waals surface area contributed by atoms with E-state index in [0.717, 1.165) is 11.1 Å². The lowest BCUT2D eigenvalue weighted by molar-refractivity contribution is -0.125. The van der Waals surface area contributed by atoms with E-state index in [4.69, 9.17) is 15.2 Å². The van der Waals surface area contributed by atoms with Gasteiger partial charge in [-0.15, -0.1) is 0 Å². The molecular formula is C26H25F2N5O4. The summed E-state index contributed by atoms with van der Waals surface area (Å²) >= 11 is 0. The highest BCUT2D eigenvalue weighted by Crippen LogP contribution is 2.30. The van der Waals surface area contributed by atoms with Crippen LogP contribution in [0.2, 0.25) is 0 Å². The third-order valence-corrected chi connectivity index (χ3v) is 5.91. The summed E-state index contributed by atoms with van der Waals surface area (Å²) < 4.78 is 35.5. The molecule has 0 spiro atoms. The number of aromatic nitrogens is 1. The Morgan fingerprint density at radius 1 is 0.973 bits per heavy atom. The molecule has 9 nitrogen and oxygen atoms in total. The Morgan fingerprint density at radius 3 is 2.24 bits per heavy atom. The number of hydrogen-bond donors (Lipinski definition) is 3. The molecule has 1 aliphatic heterocycles. The van der Waals surface area contributed by atoms with E-state index in [0.29, 0.717) is 24.0 Å². The Bertz CT molecular complexity index is 1350. The van der Waals surface area contributed by atoms with Crippen LogP contribution in [0, 0.1) is 0 Å². The average molecular weight is 510 g/mol. The predicted molar refractivity (Wildman–Crippen MR) is 131 cm³/mol. The number of nitrogens with one attached hydrogen (secondary N) is 2. The van der Waals surface area contributed by atoms with Gasteiger partial charge in [0.15, 0.2) is 0 Å². The fourth-order valence-electron chi connectivity index (χ4n) is 3.95. The van der Waals surface area contributed by atoms with Crippen molar-refractivity contribution < 1.29 is 23.0 Å². The van der Waals surface area contributed by atoms with Gasteiger partial charge in [0.05, 0.1) is 18.3 Å². The standard InChI is InChI=1S/C26H25F2N5O4/c27-15-36-22-4-1-5-23(37-16-28)21(22)14-31-25(35)26(29)20(13-32-33-26)12-18-8-6-17(7-9-18)11-19-3-2-10-30-24(19)34/h1-10,13H,11-12,14-16,29H2,(H,30,34)(H,31,35). The number of ether oxygens (including phenoxy) is 2. The molecule has 2 aromatic carbocycles. The number of nitrogens with zero attached hydrogens (tertiary/aromatic N) is 2. The predicted octanol–water partition coefficient (Wildman–Crippen LogP) is 3.44. The summed E-state index contributed by atoms with van der Waals surface area (Å²) in [7, 11) is 0. The first-order valence-corrected chi connectivity index (χ1v) is 11.4. The molecule has 37 heavy (non-hydrogen) atoms. The average Bonchev–Trinajstić information content (AvgIpc) is 3.27. The highest BCUT2D eigenvalue weighted by Gasteiger charge is 2.41. The maximum Gasteiger partial charge on any atom is 0.269 e. The summed E-state index contributed by atoms with van der Waals surface area (Å²) in [5, 5.41) is 10.4. The Labute approximate surface area is 211 Å². The van der Waals surface area contributed by atoms with E-state index in [9.17, 15) is 18.4 Å². The Balaban J connectivity index is 1.43. The Morgan fingerprint density at radius 2 is 1.62 bits per heavy atom. The van der Waals surface area contributed by atoms with Crippen LogP contribution in [0.25, 0.3) is 0 Å². The number of aromatic amines is 1. The van der Waals surface area contributed by atoms with Gasteiger partial charge in [-0.05, 0) is 35.7 Å². The second-order valence-electron chi connectivity index (χ2n) is 8.25. The van der Waals surface area contributed by atoms with Crippen molar-refractivity contribution in [3.8, 4) is 11.5 Å². The van der Waals surface area contributed by atoms with Crippen molar-refractivity contribution in [3.05, 3.63) is 105 Å². The molecule has 1 unspecified atom stereocenters. The van der Waals surface area contributed by atoms with Gasteiger partial charge in [0.2, 0.25) is 19.4 Å². The number of hydrogen-bond acceptors (Lipinski definition) is 7. The normalized spacial score (nSPS) is 16.4. The summed E-state index contributed by atoms with van der Waals surface area (Å²) in [4.78, 5) is 27.7. The largest absolute Gasteiger partial charge is 0.462 e. The smallest absolute Gasteiger partial charge is 0.269 e. The van der Waals surface area contributed by atoms with Crippen molar-refractivity contribution in [3.63, 3.8) is 0 Å². The van der Waals surface area contributed by atoms with Crippen LogP contribution in [0.4, 0.5) is 8.78 Å². The summed E-state index contributed by atoms with van der Waals surface area (Å²) in [6, 6.07) is 15.6. The lowest BCUT2D eigenvalue weighted by Crippen LogP contribution is -2.53. The lowest BCUT2D eigenvalue weighted by atomic mass is 9.93. The van der Waals surface area contributed by atoms with Gasteiger partial charge < -0.3 is 19.8 Å². The lowest BCUT2D eigenvalue weighted by Gasteiger charge is -2.23. The van der Waals surface area contributed by atoms with Crippen LogP contribution in [0.15, 0.2) is 87.6 Å². The number of halogens is 2. The molecule has 0 aliphatic carbocycles. The molecule has 1 aliphatic rings. The maximum atomic E-state index is 13.1. The first kappa shape index (κ1) is 25.7. The molecular weight excluding hydrogens is 484 g/mol. The van der Waals surface area contributed by atoms with Gasteiger partial charge in [0.1, 0.15) is 11.5 Å². The fraction of sp³-hybridized carbons (Fsp3) is 0.231. The topological polar surface area (TPSA) is 131 Å². The minimum absolute atomic E-state index is 0.0984.